The molecule has 0 heterocycles. The van der Waals surface area contributed by atoms with Crippen molar-refractivity contribution in [3.8, 4) is 0 Å². The van der Waals surface area contributed by atoms with E-state index in [1.54, 1.807) is 31.4 Å². The number of anilines is 1. The van der Waals surface area contributed by atoms with E-state index in [-0.39, 0.29) is 16.9 Å². The van der Waals surface area contributed by atoms with Crippen molar-refractivity contribution in [2.45, 2.75) is 39.0 Å². The van der Waals surface area contributed by atoms with Crippen LogP contribution in [0.25, 0.3) is 0 Å². The molecule has 1 aromatic rings. The molecule has 0 atom stereocenters. The van der Waals surface area contributed by atoms with Crippen molar-refractivity contribution in [3.63, 3.8) is 0 Å². The summed E-state index contributed by atoms with van der Waals surface area (Å²) < 4.78 is 4.94. The van der Waals surface area contributed by atoms with Crippen molar-refractivity contribution < 1.29 is 14.3 Å². The number of amides is 2. The number of rotatable bonds is 10. The van der Waals surface area contributed by atoms with Crippen LogP contribution in [0.2, 0.25) is 0 Å². The van der Waals surface area contributed by atoms with E-state index in [2.05, 4.69) is 22.9 Å². The van der Waals surface area contributed by atoms with Gasteiger partial charge in [-0.2, -0.15) is 0 Å². The van der Waals surface area contributed by atoms with E-state index in [0.717, 1.165) is 31.4 Å². The van der Waals surface area contributed by atoms with Gasteiger partial charge in [-0.25, -0.2) is 0 Å². The van der Waals surface area contributed by atoms with Gasteiger partial charge in [-0.3, -0.25) is 9.59 Å². The van der Waals surface area contributed by atoms with Crippen molar-refractivity contribution in [2.24, 2.45) is 0 Å². The van der Waals surface area contributed by atoms with Crippen LogP contribution in [0.4, 0.5) is 5.69 Å². The number of ether oxygens (including phenoxy) is 1. The molecule has 0 aliphatic rings. The molecule has 0 bridgehead atoms. The maximum atomic E-state index is 12.0. The standard InChI is InChI=1S/C18H27N3O3S/c1-3-4-5-7-16(22)21-18(25)20-15-10-8-14(9-11-15)17(23)19-12-6-13-24-2/h8-11H,3-7,12-13H2,1-2H3,(H,19,23)(H2,20,21,22,25). The Morgan fingerprint density at radius 2 is 1.84 bits per heavy atom. The van der Waals surface area contributed by atoms with Gasteiger partial charge < -0.3 is 20.7 Å². The lowest BCUT2D eigenvalue weighted by Gasteiger charge is -2.10. The summed E-state index contributed by atoms with van der Waals surface area (Å²) in [5, 5.41) is 8.68. The molecule has 138 valence electrons. The molecule has 7 heteroatoms. The van der Waals surface area contributed by atoms with E-state index in [0.29, 0.717) is 25.1 Å². The summed E-state index contributed by atoms with van der Waals surface area (Å²) >= 11 is 5.12. The van der Waals surface area contributed by atoms with Gasteiger partial charge in [0.1, 0.15) is 0 Å². The second-order valence-electron chi connectivity index (χ2n) is 5.64. The van der Waals surface area contributed by atoms with Crippen molar-refractivity contribution in [1.29, 1.82) is 0 Å². The van der Waals surface area contributed by atoms with Gasteiger partial charge in [-0.05, 0) is 49.3 Å². The second kappa shape index (κ2) is 12.4. The van der Waals surface area contributed by atoms with E-state index >= 15 is 0 Å². The van der Waals surface area contributed by atoms with E-state index < -0.39 is 0 Å². The van der Waals surface area contributed by atoms with Crippen LogP contribution in [-0.2, 0) is 9.53 Å². The van der Waals surface area contributed by atoms with Crippen LogP contribution in [0, 0.1) is 0 Å². The molecule has 0 aromatic heterocycles. The maximum absolute atomic E-state index is 12.0. The molecule has 0 unspecified atom stereocenters. The number of carbonyl (C=O) groups excluding carboxylic acids is 2. The molecule has 6 nitrogen and oxygen atoms in total. The van der Waals surface area contributed by atoms with Gasteiger partial charge in [0.15, 0.2) is 5.11 Å². The summed E-state index contributed by atoms with van der Waals surface area (Å²) in [6, 6.07) is 6.92. The number of thiocarbonyl (C=S) groups is 1. The smallest absolute Gasteiger partial charge is 0.251 e. The summed E-state index contributed by atoms with van der Waals surface area (Å²) in [5.74, 6) is -0.215. The van der Waals surface area contributed by atoms with Crippen LogP contribution in [-0.4, -0.2) is 37.2 Å². The average Bonchev–Trinajstić information content (AvgIpc) is 2.59. The average molecular weight is 365 g/mol. The van der Waals surface area contributed by atoms with E-state index in [4.69, 9.17) is 17.0 Å². The fourth-order valence-corrected chi connectivity index (χ4v) is 2.34. The molecule has 0 aliphatic heterocycles. The van der Waals surface area contributed by atoms with Crippen LogP contribution in [0.15, 0.2) is 24.3 Å². The van der Waals surface area contributed by atoms with Crippen molar-refractivity contribution in [1.82, 2.24) is 10.6 Å². The third kappa shape index (κ3) is 9.16. The normalized spacial score (nSPS) is 10.2. The summed E-state index contributed by atoms with van der Waals surface area (Å²) in [6.07, 6.45) is 4.20. The fraction of sp³-hybridized carbons (Fsp3) is 0.500. The second-order valence-corrected chi connectivity index (χ2v) is 6.05. The van der Waals surface area contributed by atoms with Gasteiger partial charge in [0.05, 0.1) is 0 Å². The quantitative estimate of drug-likeness (QED) is 0.439. The van der Waals surface area contributed by atoms with E-state index in [1.807, 2.05) is 0 Å². The number of unbranched alkanes of at least 4 members (excludes halogenated alkanes) is 2. The molecule has 0 spiro atoms. The lowest BCUT2D eigenvalue weighted by atomic mass is 10.2. The highest BCUT2D eigenvalue weighted by Gasteiger charge is 2.07. The van der Waals surface area contributed by atoms with Gasteiger partial charge in [0.2, 0.25) is 5.91 Å². The lowest BCUT2D eigenvalue weighted by molar-refractivity contribution is -0.119. The Labute approximate surface area is 154 Å². The van der Waals surface area contributed by atoms with Crippen LogP contribution in [0.5, 0.6) is 0 Å². The van der Waals surface area contributed by atoms with Crippen molar-refractivity contribution in [3.05, 3.63) is 29.8 Å². The van der Waals surface area contributed by atoms with Crippen LogP contribution in [0.3, 0.4) is 0 Å². The lowest BCUT2D eigenvalue weighted by Crippen LogP contribution is -2.33. The maximum Gasteiger partial charge on any atom is 0.251 e. The zero-order valence-corrected chi connectivity index (χ0v) is 15.7. The molecular weight excluding hydrogens is 338 g/mol. The first kappa shape index (κ1) is 21.1. The minimum absolute atomic E-state index is 0.0852. The molecule has 0 saturated heterocycles. The van der Waals surface area contributed by atoms with Gasteiger partial charge >= 0.3 is 0 Å². The molecule has 0 radical (unpaired) electrons. The molecule has 0 fully saturated rings. The largest absolute Gasteiger partial charge is 0.385 e. The van der Waals surface area contributed by atoms with Crippen LogP contribution >= 0.6 is 12.2 Å². The van der Waals surface area contributed by atoms with Gasteiger partial charge in [-0.1, -0.05) is 19.8 Å². The van der Waals surface area contributed by atoms with Crippen LogP contribution in [0.1, 0.15) is 49.4 Å². The number of nitrogens with one attached hydrogen (secondary N) is 3. The Morgan fingerprint density at radius 3 is 2.48 bits per heavy atom. The molecule has 0 aliphatic carbocycles. The topological polar surface area (TPSA) is 79.5 Å². The fourth-order valence-electron chi connectivity index (χ4n) is 2.11. The number of hydrogen-bond donors (Lipinski definition) is 3. The van der Waals surface area contributed by atoms with Crippen molar-refractivity contribution in [2.75, 3.05) is 25.6 Å². The van der Waals surface area contributed by atoms with Crippen molar-refractivity contribution >= 4 is 34.8 Å². The molecule has 2 amide bonds. The van der Waals surface area contributed by atoms with Gasteiger partial charge in [0, 0.05) is 37.9 Å². The third-order valence-electron chi connectivity index (χ3n) is 3.48. The Kier molecular flexibility index (Phi) is 10.4. The Balaban J connectivity index is 2.39. The number of hydrogen-bond acceptors (Lipinski definition) is 4. The highest BCUT2D eigenvalue weighted by atomic mass is 32.1. The summed E-state index contributed by atoms with van der Waals surface area (Å²) in [6.45, 7) is 3.28. The summed E-state index contributed by atoms with van der Waals surface area (Å²) in [5.41, 5.74) is 1.28. The third-order valence-corrected chi connectivity index (χ3v) is 3.68. The highest BCUT2D eigenvalue weighted by Crippen LogP contribution is 2.09. The minimum Gasteiger partial charge on any atom is -0.385 e. The number of carbonyl (C=O) groups is 2. The van der Waals surface area contributed by atoms with Crippen LogP contribution < -0.4 is 16.0 Å². The molecule has 3 N–H and O–H groups in total. The van der Waals surface area contributed by atoms with E-state index in [1.165, 1.54) is 0 Å². The first-order chi connectivity index (χ1) is 12.1. The zero-order valence-electron chi connectivity index (χ0n) is 14.9. The molecule has 1 rings (SSSR count). The number of benzene rings is 1. The van der Waals surface area contributed by atoms with Gasteiger partial charge in [-0.15, -0.1) is 0 Å². The zero-order chi connectivity index (χ0) is 18.5. The monoisotopic (exact) mass is 365 g/mol. The SMILES string of the molecule is CCCCCC(=O)NC(=S)Nc1ccc(C(=O)NCCCOC)cc1. The Morgan fingerprint density at radius 1 is 1.12 bits per heavy atom. The summed E-state index contributed by atoms with van der Waals surface area (Å²) in [4.78, 5) is 23.7. The number of methoxy groups -OCH3 is 1. The minimum atomic E-state index is -0.130. The predicted octanol–water partition coefficient (Wildman–Crippen LogP) is 2.85. The molecule has 1 aromatic carbocycles. The first-order valence-corrected chi connectivity index (χ1v) is 8.95. The highest BCUT2D eigenvalue weighted by molar-refractivity contribution is 7.80. The molecular formula is C18H27N3O3S. The summed E-state index contributed by atoms with van der Waals surface area (Å²) in [7, 11) is 1.63. The Hall–Kier alpha value is -1.99. The Bertz CT molecular complexity index is 561. The molecule has 25 heavy (non-hydrogen) atoms. The van der Waals surface area contributed by atoms with Gasteiger partial charge in [0.25, 0.3) is 5.91 Å². The molecule has 0 saturated carbocycles. The first-order valence-electron chi connectivity index (χ1n) is 8.54. The predicted molar refractivity (Wildman–Crippen MR) is 104 cm³/mol. The van der Waals surface area contributed by atoms with E-state index in [9.17, 15) is 9.59 Å².